The van der Waals surface area contributed by atoms with Crippen LogP contribution in [0.4, 0.5) is 33.6 Å². The van der Waals surface area contributed by atoms with Crippen molar-refractivity contribution in [2.24, 2.45) is 7.05 Å². The van der Waals surface area contributed by atoms with Gasteiger partial charge in [0.1, 0.15) is 17.8 Å². The maximum atomic E-state index is 14.7. The van der Waals surface area contributed by atoms with Crippen LogP contribution in [0.3, 0.4) is 0 Å². The predicted molar refractivity (Wildman–Crippen MR) is 123 cm³/mol. The molecule has 5 rings (SSSR count). The lowest BCUT2D eigenvalue weighted by atomic mass is 10.1. The van der Waals surface area contributed by atoms with Crippen LogP contribution in [-0.4, -0.2) is 46.7 Å². The Morgan fingerprint density at radius 1 is 1.20 bits per heavy atom. The molecule has 1 atom stereocenters. The van der Waals surface area contributed by atoms with Crippen molar-refractivity contribution in [2.75, 3.05) is 5.32 Å². The summed E-state index contributed by atoms with van der Waals surface area (Å²) >= 11 is 6.36. The summed E-state index contributed by atoms with van der Waals surface area (Å²) < 4.78 is 72.5. The molecule has 0 saturated carbocycles. The van der Waals surface area contributed by atoms with E-state index in [0.29, 0.717) is 32.4 Å². The number of pyridine rings is 1. The van der Waals surface area contributed by atoms with Gasteiger partial charge < -0.3 is 14.5 Å². The molecule has 35 heavy (non-hydrogen) atoms. The minimum Gasteiger partial charge on any atom is -0.341 e. The Morgan fingerprint density at radius 3 is 2.66 bits per heavy atom. The van der Waals surface area contributed by atoms with E-state index < -0.39 is 30.9 Å². The van der Waals surface area contributed by atoms with Crippen molar-refractivity contribution in [3.05, 3.63) is 47.6 Å². The SMILES string of the molecule is Cn1nccc1Nc1cc(-c2cc3n(c2)C[C@H](F)Cn2c-3nnc2C(F)(F)C(F)F)c(Cl)cn1.S. The molecule has 4 aromatic heterocycles. The minimum absolute atomic E-state index is 0. The molecule has 1 N–H and O–H groups in total. The summed E-state index contributed by atoms with van der Waals surface area (Å²) in [5.74, 6) is -4.86. The van der Waals surface area contributed by atoms with Crippen molar-refractivity contribution >= 4 is 36.7 Å². The number of hydrogen-bond donors (Lipinski definition) is 1. The second kappa shape index (κ2) is 9.15. The first kappa shape index (κ1) is 25.0. The quantitative estimate of drug-likeness (QED) is 0.375. The Balaban J connectivity index is 0.00000289. The zero-order chi connectivity index (χ0) is 24.2. The molecular formula is C20H18ClF5N8S. The molecule has 0 aliphatic carbocycles. The highest BCUT2D eigenvalue weighted by atomic mass is 35.5. The van der Waals surface area contributed by atoms with Crippen molar-refractivity contribution in [1.82, 2.24) is 34.1 Å². The molecule has 1 aliphatic rings. The van der Waals surface area contributed by atoms with Gasteiger partial charge in [-0.1, -0.05) is 11.6 Å². The third kappa shape index (κ3) is 4.35. The zero-order valence-electron chi connectivity index (χ0n) is 17.9. The van der Waals surface area contributed by atoms with Gasteiger partial charge in [0.15, 0.2) is 5.82 Å². The first-order valence-electron chi connectivity index (χ1n) is 10.0. The predicted octanol–water partition coefficient (Wildman–Crippen LogP) is 4.76. The molecule has 0 unspecified atom stereocenters. The van der Waals surface area contributed by atoms with Gasteiger partial charge in [-0.2, -0.15) is 27.4 Å². The molecule has 0 bridgehead atoms. The summed E-state index contributed by atoms with van der Waals surface area (Å²) in [6.45, 7) is -0.771. The minimum atomic E-state index is -4.57. The van der Waals surface area contributed by atoms with E-state index in [-0.39, 0.29) is 31.6 Å². The van der Waals surface area contributed by atoms with Gasteiger partial charge in [-0.15, -0.1) is 10.2 Å². The highest BCUT2D eigenvalue weighted by molar-refractivity contribution is 7.59. The first-order valence-corrected chi connectivity index (χ1v) is 10.4. The van der Waals surface area contributed by atoms with Gasteiger partial charge >= 0.3 is 12.3 Å². The lowest BCUT2D eigenvalue weighted by Gasteiger charge is -2.16. The molecule has 8 nitrogen and oxygen atoms in total. The van der Waals surface area contributed by atoms with Crippen LogP contribution >= 0.6 is 25.1 Å². The number of aryl methyl sites for hydroxylation is 1. The smallest absolute Gasteiger partial charge is 0.341 e. The fourth-order valence-corrected chi connectivity index (χ4v) is 4.04. The zero-order valence-corrected chi connectivity index (χ0v) is 19.7. The van der Waals surface area contributed by atoms with Gasteiger partial charge in [0.05, 0.1) is 30.0 Å². The molecule has 0 fully saturated rings. The maximum absolute atomic E-state index is 14.7. The molecule has 4 aromatic rings. The molecule has 0 saturated heterocycles. The number of fused-ring (bicyclic) bond motifs is 3. The molecule has 5 heterocycles. The van der Waals surface area contributed by atoms with Gasteiger partial charge in [0.2, 0.25) is 5.82 Å². The Labute approximate surface area is 207 Å². The van der Waals surface area contributed by atoms with Gasteiger partial charge in [-0.05, 0) is 12.1 Å². The van der Waals surface area contributed by atoms with E-state index in [1.165, 1.54) is 10.8 Å². The van der Waals surface area contributed by atoms with Crippen LogP contribution in [0.2, 0.25) is 5.02 Å². The lowest BCUT2D eigenvalue weighted by Crippen LogP contribution is -2.29. The normalized spacial score (nSPS) is 15.4. The molecule has 0 spiro atoms. The van der Waals surface area contributed by atoms with Crippen LogP contribution in [0.1, 0.15) is 5.82 Å². The molecular weight excluding hydrogens is 515 g/mol. The van der Waals surface area contributed by atoms with Gasteiger partial charge in [0.25, 0.3) is 0 Å². The Hall–Kier alpha value is -3.13. The van der Waals surface area contributed by atoms with E-state index >= 15 is 0 Å². The molecule has 15 heteroatoms. The molecule has 186 valence electrons. The number of rotatable bonds is 5. The van der Waals surface area contributed by atoms with E-state index in [4.69, 9.17) is 11.6 Å². The van der Waals surface area contributed by atoms with Crippen molar-refractivity contribution in [2.45, 2.75) is 31.6 Å². The molecule has 0 aromatic carbocycles. The Bertz CT molecular complexity index is 1370. The van der Waals surface area contributed by atoms with E-state index in [1.807, 2.05) is 0 Å². The largest absolute Gasteiger partial charge is 0.365 e. The third-order valence-electron chi connectivity index (χ3n) is 5.47. The van der Waals surface area contributed by atoms with Crippen molar-refractivity contribution in [1.29, 1.82) is 0 Å². The van der Waals surface area contributed by atoms with Crippen molar-refractivity contribution < 1.29 is 22.0 Å². The molecule has 0 radical (unpaired) electrons. The Morgan fingerprint density at radius 2 is 1.97 bits per heavy atom. The highest BCUT2D eigenvalue weighted by Gasteiger charge is 2.48. The lowest BCUT2D eigenvalue weighted by molar-refractivity contribution is -0.143. The number of alkyl halides is 5. The van der Waals surface area contributed by atoms with Crippen LogP contribution in [0.25, 0.3) is 22.6 Å². The average molecular weight is 533 g/mol. The maximum Gasteiger partial charge on any atom is 0.365 e. The number of anilines is 2. The number of aromatic nitrogens is 7. The summed E-state index contributed by atoms with van der Waals surface area (Å²) in [6.07, 6.45) is -1.02. The van der Waals surface area contributed by atoms with Gasteiger partial charge in [0, 0.05) is 36.6 Å². The number of halogens is 6. The second-order valence-corrected chi connectivity index (χ2v) is 8.17. The van der Waals surface area contributed by atoms with E-state index in [2.05, 4.69) is 25.6 Å². The average Bonchev–Trinajstić information content (AvgIpc) is 3.47. The van der Waals surface area contributed by atoms with Gasteiger partial charge in [-0.3, -0.25) is 4.68 Å². The van der Waals surface area contributed by atoms with Crippen LogP contribution in [-0.2, 0) is 26.1 Å². The topological polar surface area (TPSA) is 78.4 Å². The monoisotopic (exact) mass is 532 g/mol. The summed E-state index contributed by atoms with van der Waals surface area (Å²) in [5, 5.41) is 14.4. The number of nitrogens with one attached hydrogen (secondary N) is 1. The van der Waals surface area contributed by atoms with Crippen LogP contribution in [0.15, 0.2) is 36.8 Å². The van der Waals surface area contributed by atoms with Crippen LogP contribution in [0.5, 0.6) is 0 Å². The third-order valence-corrected chi connectivity index (χ3v) is 5.77. The standard InChI is InChI=1S/C20H16ClF5N8.H2S/c1-32-16(2-3-28-32)29-15-5-12(13(21)6-27-15)10-4-14-17-30-31-19(20(25,26)18(23)24)34(17)9-11(22)8-33(14)7-10;/h2-7,11,18H,8-9H2,1H3,(H,27,29);1H2/t11-;/m0./s1. The van der Waals surface area contributed by atoms with E-state index in [0.717, 1.165) is 0 Å². The summed E-state index contributed by atoms with van der Waals surface area (Å²) in [4.78, 5) is 4.24. The second-order valence-electron chi connectivity index (χ2n) is 7.76. The number of hydrogen-bond acceptors (Lipinski definition) is 5. The number of nitrogens with zero attached hydrogens (tertiary/aromatic N) is 7. The fraction of sp³-hybridized carbons (Fsp3) is 0.300. The highest BCUT2D eigenvalue weighted by Crippen LogP contribution is 2.39. The summed E-state index contributed by atoms with van der Waals surface area (Å²) in [5.41, 5.74) is 1.30. The summed E-state index contributed by atoms with van der Waals surface area (Å²) in [6, 6.07) is 4.98. The van der Waals surface area contributed by atoms with Crippen molar-refractivity contribution in [3.8, 4) is 22.6 Å². The van der Waals surface area contributed by atoms with Gasteiger partial charge in [-0.25, -0.2) is 18.2 Å². The molecule has 1 aliphatic heterocycles. The fourth-order valence-electron chi connectivity index (χ4n) is 3.83. The molecule has 0 amide bonds. The van der Waals surface area contributed by atoms with Crippen molar-refractivity contribution in [3.63, 3.8) is 0 Å². The van der Waals surface area contributed by atoms with E-state index in [1.54, 1.807) is 42.3 Å². The first-order chi connectivity index (χ1) is 16.1. The van der Waals surface area contributed by atoms with Crippen LogP contribution in [0, 0.1) is 0 Å². The van der Waals surface area contributed by atoms with E-state index in [9.17, 15) is 22.0 Å². The summed E-state index contributed by atoms with van der Waals surface area (Å²) in [7, 11) is 1.75. The Kier molecular flexibility index (Phi) is 6.53. The van der Waals surface area contributed by atoms with Crippen LogP contribution < -0.4 is 5.32 Å².